The standard InChI is InChI=1S/C23H32N2O6/c1-8-15-19(21(26)30-9-2)16(25-20(15)22(27)31-23(3,4)5)13-24-14-10-11-17(28-6)18(12-14)29-7/h10-12,24-25H,8-9,13H2,1-7H3. The highest BCUT2D eigenvalue weighted by atomic mass is 16.6. The molecule has 1 aromatic carbocycles. The van der Waals surface area contributed by atoms with E-state index in [4.69, 9.17) is 18.9 Å². The van der Waals surface area contributed by atoms with E-state index < -0.39 is 17.5 Å². The molecule has 8 nitrogen and oxygen atoms in total. The number of rotatable bonds is 9. The van der Waals surface area contributed by atoms with E-state index in [1.807, 2.05) is 13.0 Å². The molecule has 31 heavy (non-hydrogen) atoms. The van der Waals surface area contributed by atoms with Crippen molar-refractivity contribution in [3.05, 3.63) is 40.7 Å². The highest BCUT2D eigenvalue weighted by molar-refractivity contribution is 5.99. The molecule has 2 rings (SSSR count). The van der Waals surface area contributed by atoms with Gasteiger partial charge in [-0.05, 0) is 51.8 Å². The second kappa shape index (κ2) is 10.2. The Labute approximate surface area is 183 Å². The number of H-pyrrole nitrogens is 1. The number of carbonyl (C=O) groups is 2. The molecular formula is C23H32N2O6. The molecule has 0 aliphatic rings. The van der Waals surface area contributed by atoms with Gasteiger partial charge in [-0.1, -0.05) is 6.92 Å². The van der Waals surface area contributed by atoms with Gasteiger partial charge in [0.1, 0.15) is 11.3 Å². The number of aromatic amines is 1. The first kappa shape index (κ1) is 24.1. The van der Waals surface area contributed by atoms with E-state index in [0.717, 1.165) is 5.69 Å². The summed E-state index contributed by atoms with van der Waals surface area (Å²) in [6.07, 6.45) is 0.468. The molecule has 0 saturated carbocycles. The number of esters is 2. The summed E-state index contributed by atoms with van der Waals surface area (Å²) in [5.41, 5.74) is 1.86. The fraction of sp³-hybridized carbons (Fsp3) is 0.478. The molecule has 0 unspecified atom stereocenters. The van der Waals surface area contributed by atoms with Gasteiger partial charge in [-0.2, -0.15) is 0 Å². The minimum absolute atomic E-state index is 0.234. The molecule has 1 aromatic heterocycles. The minimum Gasteiger partial charge on any atom is -0.493 e. The Balaban J connectivity index is 2.40. The van der Waals surface area contributed by atoms with Crippen molar-refractivity contribution in [2.45, 2.75) is 53.2 Å². The third kappa shape index (κ3) is 5.93. The fourth-order valence-corrected chi connectivity index (χ4v) is 3.17. The van der Waals surface area contributed by atoms with Crippen molar-refractivity contribution in [2.75, 3.05) is 26.1 Å². The first-order chi connectivity index (χ1) is 14.6. The zero-order valence-corrected chi connectivity index (χ0v) is 19.3. The quantitative estimate of drug-likeness (QED) is 0.569. The summed E-state index contributed by atoms with van der Waals surface area (Å²) in [7, 11) is 3.13. The van der Waals surface area contributed by atoms with Gasteiger partial charge in [-0.25, -0.2) is 9.59 Å². The topological polar surface area (TPSA) is 98.9 Å². The number of hydrogen-bond donors (Lipinski definition) is 2. The Bertz CT molecular complexity index is 927. The third-order valence-electron chi connectivity index (χ3n) is 4.47. The van der Waals surface area contributed by atoms with Gasteiger partial charge in [-0.3, -0.25) is 0 Å². The molecule has 0 bridgehead atoms. The zero-order valence-electron chi connectivity index (χ0n) is 19.3. The van der Waals surface area contributed by atoms with E-state index in [0.29, 0.717) is 34.7 Å². The van der Waals surface area contributed by atoms with Crippen LogP contribution in [0.2, 0.25) is 0 Å². The smallest absolute Gasteiger partial charge is 0.355 e. The maximum atomic E-state index is 12.8. The van der Waals surface area contributed by atoms with Crippen LogP contribution in [0.4, 0.5) is 5.69 Å². The first-order valence-corrected chi connectivity index (χ1v) is 10.2. The molecule has 0 amide bonds. The second-order valence-corrected chi connectivity index (χ2v) is 7.83. The normalized spacial score (nSPS) is 11.1. The molecule has 0 atom stereocenters. The lowest BCUT2D eigenvalue weighted by Crippen LogP contribution is -2.24. The van der Waals surface area contributed by atoms with Crippen molar-refractivity contribution in [1.82, 2.24) is 4.98 Å². The van der Waals surface area contributed by atoms with Gasteiger partial charge < -0.3 is 29.2 Å². The lowest BCUT2D eigenvalue weighted by molar-refractivity contribution is 0.00622. The van der Waals surface area contributed by atoms with Crippen LogP contribution in [0.15, 0.2) is 18.2 Å². The van der Waals surface area contributed by atoms with Crippen molar-refractivity contribution in [3.63, 3.8) is 0 Å². The van der Waals surface area contributed by atoms with E-state index >= 15 is 0 Å². The van der Waals surface area contributed by atoms with Crippen molar-refractivity contribution in [3.8, 4) is 11.5 Å². The molecule has 8 heteroatoms. The van der Waals surface area contributed by atoms with E-state index in [9.17, 15) is 9.59 Å². The minimum atomic E-state index is -0.657. The summed E-state index contributed by atoms with van der Waals surface area (Å²) in [4.78, 5) is 28.6. The number of nitrogens with one attached hydrogen (secondary N) is 2. The zero-order chi connectivity index (χ0) is 23.2. The van der Waals surface area contributed by atoms with Crippen LogP contribution in [-0.4, -0.2) is 43.4 Å². The lowest BCUT2D eigenvalue weighted by Gasteiger charge is -2.19. The highest BCUT2D eigenvalue weighted by Crippen LogP contribution is 2.30. The molecule has 0 aliphatic carbocycles. The second-order valence-electron chi connectivity index (χ2n) is 7.83. The summed E-state index contributed by atoms with van der Waals surface area (Å²) in [5, 5.41) is 3.25. The van der Waals surface area contributed by atoms with Crippen LogP contribution in [0.1, 0.15) is 66.7 Å². The maximum Gasteiger partial charge on any atom is 0.355 e. The Morgan fingerprint density at radius 1 is 1.03 bits per heavy atom. The van der Waals surface area contributed by atoms with E-state index in [-0.39, 0.29) is 18.8 Å². The number of methoxy groups -OCH3 is 2. The fourth-order valence-electron chi connectivity index (χ4n) is 3.17. The van der Waals surface area contributed by atoms with Gasteiger partial charge in [0.25, 0.3) is 0 Å². The average molecular weight is 433 g/mol. The molecule has 1 heterocycles. The molecule has 170 valence electrons. The number of aromatic nitrogens is 1. The summed E-state index contributed by atoms with van der Waals surface area (Å²) >= 11 is 0. The molecule has 0 radical (unpaired) electrons. The summed E-state index contributed by atoms with van der Waals surface area (Å²) in [6, 6.07) is 5.41. The van der Waals surface area contributed by atoms with E-state index in [2.05, 4.69) is 10.3 Å². The van der Waals surface area contributed by atoms with Crippen molar-refractivity contribution in [2.24, 2.45) is 0 Å². The van der Waals surface area contributed by atoms with Crippen molar-refractivity contribution < 1.29 is 28.5 Å². The summed E-state index contributed by atoms with van der Waals surface area (Å²) in [5.74, 6) is 0.204. The Kier molecular flexibility index (Phi) is 7.96. The van der Waals surface area contributed by atoms with Gasteiger partial charge in [0.05, 0.1) is 32.9 Å². The number of carbonyl (C=O) groups excluding carboxylic acids is 2. The number of benzene rings is 1. The van der Waals surface area contributed by atoms with Crippen LogP contribution in [0.5, 0.6) is 11.5 Å². The highest BCUT2D eigenvalue weighted by Gasteiger charge is 2.29. The predicted octanol–water partition coefficient (Wildman–Crippen LogP) is 4.34. The van der Waals surface area contributed by atoms with Crippen LogP contribution in [0.3, 0.4) is 0 Å². The Hall–Kier alpha value is -3.16. The summed E-state index contributed by atoms with van der Waals surface area (Å²) in [6.45, 7) is 9.51. The molecule has 0 spiro atoms. The van der Waals surface area contributed by atoms with Crippen LogP contribution >= 0.6 is 0 Å². The Morgan fingerprint density at radius 3 is 2.26 bits per heavy atom. The largest absolute Gasteiger partial charge is 0.493 e. The third-order valence-corrected chi connectivity index (χ3v) is 4.47. The van der Waals surface area contributed by atoms with Crippen molar-refractivity contribution >= 4 is 17.6 Å². The Morgan fingerprint density at radius 2 is 1.71 bits per heavy atom. The lowest BCUT2D eigenvalue weighted by atomic mass is 10.1. The number of ether oxygens (including phenoxy) is 4. The maximum absolute atomic E-state index is 12.8. The monoisotopic (exact) mass is 432 g/mol. The van der Waals surface area contributed by atoms with Gasteiger partial charge in [0.2, 0.25) is 0 Å². The van der Waals surface area contributed by atoms with Crippen LogP contribution in [-0.2, 0) is 22.4 Å². The average Bonchev–Trinajstić information content (AvgIpc) is 3.09. The first-order valence-electron chi connectivity index (χ1n) is 10.2. The predicted molar refractivity (Wildman–Crippen MR) is 118 cm³/mol. The summed E-state index contributed by atoms with van der Waals surface area (Å²) < 4.78 is 21.4. The molecule has 2 aromatic rings. The van der Waals surface area contributed by atoms with Crippen LogP contribution in [0.25, 0.3) is 0 Å². The van der Waals surface area contributed by atoms with Crippen LogP contribution < -0.4 is 14.8 Å². The van der Waals surface area contributed by atoms with E-state index in [1.54, 1.807) is 54.0 Å². The number of hydrogen-bond acceptors (Lipinski definition) is 7. The van der Waals surface area contributed by atoms with Gasteiger partial charge in [0.15, 0.2) is 11.5 Å². The molecule has 0 fully saturated rings. The molecule has 2 N–H and O–H groups in total. The molecular weight excluding hydrogens is 400 g/mol. The van der Waals surface area contributed by atoms with Gasteiger partial charge in [0, 0.05) is 17.4 Å². The SMILES string of the molecule is CCOC(=O)c1c(CNc2ccc(OC)c(OC)c2)[nH]c(C(=O)OC(C)(C)C)c1CC. The number of anilines is 1. The molecule has 0 aliphatic heterocycles. The van der Waals surface area contributed by atoms with Gasteiger partial charge in [-0.15, -0.1) is 0 Å². The van der Waals surface area contributed by atoms with Crippen LogP contribution in [0, 0.1) is 0 Å². The molecule has 0 saturated heterocycles. The van der Waals surface area contributed by atoms with Crippen molar-refractivity contribution in [1.29, 1.82) is 0 Å². The van der Waals surface area contributed by atoms with E-state index in [1.165, 1.54) is 0 Å². The van der Waals surface area contributed by atoms with Gasteiger partial charge >= 0.3 is 11.9 Å².